The molecular weight excluding hydrogens is 410 g/mol. The Morgan fingerprint density at radius 2 is 1.90 bits per heavy atom. The van der Waals surface area contributed by atoms with Crippen molar-refractivity contribution in [2.45, 2.75) is 11.8 Å². The average molecular weight is 429 g/mol. The van der Waals surface area contributed by atoms with E-state index in [1.807, 2.05) is 6.07 Å². The van der Waals surface area contributed by atoms with Crippen LogP contribution in [0.3, 0.4) is 0 Å². The standard InChI is InChI=1S/C19H19N5O5S/c1-14(16-4-2-15(13-20)3-5-16)21-22-18-7-6-17(12-19(18)24(25)26)30(27,28)23-8-10-29-11-9-23/h2-7,12,22H,8-11H2,1H3/b21-14-. The highest BCUT2D eigenvalue weighted by Crippen LogP contribution is 2.29. The van der Waals surface area contributed by atoms with E-state index in [0.717, 1.165) is 11.6 Å². The Hall–Kier alpha value is -3.33. The molecule has 0 amide bonds. The molecule has 2 aromatic rings. The minimum Gasteiger partial charge on any atom is -0.379 e. The summed E-state index contributed by atoms with van der Waals surface area (Å²) >= 11 is 0. The summed E-state index contributed by atoms with van der Waals surface area (Å²) < 4.78 is 31.9. The molecule has 30 heavy (non-hydrogen) atoms. The minimum atomic E-state index is -3.86. The molecule has 1 aliphatic rings. The molecule has 1 heterocycles. The van der Waals surface area contributed by atoms with Crippen LogP contribution in [-0.2, 0) is 14.8 Å². The van der Waals surface area contributed by atoms with Crippen molar-refractivity contribution in [3.05, 3.63) is 63.7 Å². The van der Waals surface area contributed by atoms with Gasteiger partial charge < -0.3 is 4.74 Å². The molecule has 1 fully saturated rings. The topological polar surface area (TPSA) is 138 Å². The van der Waals surface area contributed by atoms with Crippen LogP contribution in [0.5, 0.6) is 0 Å². The Morgan fingerprint density at radius 3 is 2.50 bits per heavy atom. The van der Waals surface area contributed by atoms with Crippen LogP contribution in [-0.4, -0.2) is 49.7 Å². The first kappa shape index (κ1) is 21.4. The smallest absolute Gasteiger partial charge is 0.295 e. The monoisotopic (exact) mass is 429 g/mol. The van der Waals surface area contributed by atoms with Gasteiger partial charge in [-0.05, 0) is 36.8 Å². The Kier molecular flexibility index (Phi) is 6.41. The molecule has 0 aliphatic carbocycles. The van der Waals surface area contributed by atoms with E-state index in [0.29, 0.717) is 11.3 Å². The summed E-state index contributed by atoms with van der Waals surface area (Å²) in [5.74, 6) is 0. The number of nitro groups is 1. The molecule has 0 unspecified atom stereocenters. The lowest BCUT2D eigenvalue weighted by Gasteiger charge is -2.26. The first-order valence-electron chi connectivity index (χ1n) is 9.00. The largest absolute Gasteiger partial charge is 0.379 e. The van der Waals surface area contributed by atoms with Crippen LogP contribution < -0.4 is 5.43 Å². The van der Waals surface area contributed by atoms with Crippen molar-refractivity contribution >= 4 is 27.1 Å². The molecule has 0 spiro atoms. The molecule has 10 nitrogen and oxygen atoms in total. The second kappa shape index (κ2) is 9.00. The van der Waals surface area contributed by atoms with E-state index >= 15 is 0 Å². The molecule has 3 rings (SSSR count). The van der Waals surface area contributed by atoms with E-state index in [2.05, 4.69) is 10.5 Å². The van der Waals surface area contributed by atoms with Gasteiger partial charge in [-0.15, -0.1) is 0 Å². The first-order chi connectivity index (χ1) is 14.3. The van der Waals surface area contributed by atoms with E-state index in [4.69, 9.17) is 10.00 Å². The fourth-order valence-electron chi connectivity index (χ4n) is 2.85. The zero-order valence-electron chi connectivity index (χ0n) is 16.1. The third kappa shape index (κ3) is 4.62. The van der Waals surface area contributed by atoms with Crippen LogP contribution in [0.2, 0.25) is 0 Å². The van der Waals surface area contributed by atoms with Gasteiger partial charge in [-0.25, -0.2) is 8.42 Å². The highest BCUT2D eigenvalue weighted by molar-refractivity contribution is 7.89. The van der Waals surface area contributed by atoms with Crippen molar-refractivity contribution in [1.29, 1.82) is 5.26 Å². The highest BCUT2D eigenvalue weighted by Gasteiger charge is 2.28. The SMILES string of the molecule is C/C(=N/Nc1ccc(S(=O)(=O)N2CCOCC2)cc1[N+](=O)[O-])c1ccc(C#N)cc1. The Labute approximate surface area is 173 Å². The summed E-state index contributed by atoms with van der Waals surface area (Å²) in [6, 6.07) is 12.4. The zero-order valence-corrected chi connectivity index (χ0v) is 16.9. The van der Waals surface area contributed by atoms with Crippen molar-refractivity contribution in [3.8, 4) is 6.07 Å². The maximum Gasteiger partial charge on any atom is 0.295 e. The molecule has 156 valence electrons. The average Bonchev–Trinajstić information content (AvgIpc) is 2.77. The van der Waals surface area contributed by atoms with Gasteiger partial charge >= 0.3 is 0 Å². The number of hydrogen-bond donors (Lipinski definition) is 1. The summed E-state index contributed by atoms with van der Waals surface area (Å²) in [7, 11) is -3.86. The van der Waals surface area contributed by atoms with Gasteiger partial charge in [0.2, 0.25) is 10.0 Å². The number of ether oxygens (including phenoxy) is 1. The molecule has 2 aromatic carbocycles. The van der Waals surface area contributed by atoms with Gasteiger partial charge in [0.05, 0.1) is 40.4 Å². The molecule has 1 N–H and O–H groups in total. The number of sulfonamides is 1. The third-order valence-electron chi connectivity index (χ3n) is 4.55. The quantitative estimate of drug-likeness (QED) is 0.422. The summed E-state index contributed by atoms with van der Waals surface area (Å²) in [4.78, 5) is 10.7. The Balaban J connectivity index is 1.86. The van der Waals surface area contributed by atoms with Crippen molar-refractivity contribution < 1.29 is 18.1 Å². The second-order valence-electron chi connectivity index (χ2n) is 6.45. The van der Waals surface area contributed by atoms with Gasteiger partial charge in [0, 0.05) is 19.2 Å². The molecular formula is C19H19N5O5S. The molecule has 0 atom stereocenters. The van der Waals surface area contributed by atoms with E-state index in [1.54, 1.807) is 31.2 Å². The highest BCUT2D eigenvalue weighted by atomic mass is 32.2. The number of nitro benzene ring substituents is 1. The third-order valence-corrected chi connectivity index (χ3v) is 6.44. The van der Waals surface area contributed by atoms with Crippen LogP contribution >= 0.6 is 0 Å². The van der Waals surface area contributed by atoms with Crippen molar-refractivity contribution in [2.24, 2.45) is 5.10 Å². The van der Waals surface area contributed by atoms with Gasteiger partial charge in [0.25, 0.3) is 5.69 Å². The summed E-state index contributed by atoms with van der Waals surface area (Å²) in [6.45, 7) is 2.67. The number of anilines is 1. The number of nitriles is 1. The van der Waals surface area contributed by atoms with Gasteiger partial charge in [-0.3, -0.25) is 15.5 Å². The van der Waals surface area contributed by atoms with E-state index in [-0.39, 0.29) is 36.9 Å². The van der Waals surface area contributed by atoms with E-state index in [1.165, 1.54) is 16.4 Å². The van der Waals surface area contributed by atoms with Gasteiger partial charge in [-0.1, -0.05) is 12.1 Å². The fraction of sp³-hybridized carbons (Fsp3) is 0.263. The van der Waals surface area contributed by atoms with Crippen molar-refractivity contribution in [3.63, 3.8) is 0 Å². The molecule has 0 saturated carbocycles. The van der Waals surface area contributed by atoms with Crippen molar-refractivity contribution in [1.82, 2.24) is 4.31 Å². The van der Waals surface area contributed by atoms with Crippen LogP contribution in [0.4, 0.5) is 11.4 Å². The molecule has 0 radical (unpaired) electrons. The molecule has 11 heteroatoms. The van der Waals surface area contributed by atoms with Crippen molar-refractivity contribution in [2.75, 3.05) is 31.7 Å². The van der Waals surface area contributed by atoms with Crippen LogP contribution in [0.15, 0.2) is 52.5 Å². The molecule has 1 aliphatic heterocycles. The van der Waals surface area contributed by atoms with Crippen LogP contribution in [0, 0.1) is 21.4 Å². The van der Waals surface area contributed by atoms with E-state index < -0.39 is 20.6 Å². The maximum atomic E-state index is 12.8. The van der Waals surface area contributed by atoms with Crippen LogP contribution in [0.25, 0.3) is 0 Å². The molecule has 0 bridgehead atoms. The first-order valence-corrected chi connectivity index (χ1v) is 10.4. The number of morpholine rings is 1. The summed E-state index contributed by atoms with van der Waals surface area (Å²) in [6.07, 6.45) is 0. The number of benzene rings is 2. The lowest BCUT2D eigenvalue weighted by atomic mass is 10.1. The Morgan fingerprint density at radius 1 is 1.23 bits per heavy atom. The lowest BCUT2D eigenvalue weighted by Crippen LogP contribution is -2.40. The number of hydrazone groups is 1. The van der Waals surface area contributed by atoms with Gasteiger partial charge in [-0.2, -0.15) is 14.7 Å². The normalized spacial score (nSPS) is 15.4. The number of hydrogen-bond acceptors (Lipinski definition) is 8. The summed E-state index contributed by atoms with van der Waals surface area (Å²) in [5.41, 5.74) is 4.07. The van der Waals surface area contributed by atoms with Crippen LogP contribution in [0.1, 0.15) is 18.1 Å². The van der Waals surface area contributed by atoms with E-state index in [9.17, 15) is 18.5 Å². The predicted molar refractivity (Wildman–Crippen MR) is 110 cm³/mol. The molecule has 0 aromatic heterocycles. The fourth-order valence-corrected chi connectivity index (χ4v) is 4.28. The number of rotatable bonds is 6. The maximum absolute atomic E-state index is 12.8. The zero-order chi connectivity index (χ0) is 21.7. The number of nitrogens with one attached hydrogen (secondary N) is 1. The minimum absolute atomic E-state index is 0.0638. The summed E-state index contributed by atoms with van der Waals surface area (Å²) in [5, 5.41) is 24.5. The Bertz CT molecular complexity index is 1120. The molecule has 1 saturated heterocycles. The second-order valence-corrected chi connectivity index (χ2v) is 8.39. The van der Waals surface area contributed by atoms with Gasteiger partial charge in [0.1, 0.15) is 5.69 Å². The lowest BCUT2D eigenvalue weighted by molar-refractivity contribution is -0.384. The predicted octanol–water partition coefficient (Wildman–Crippen LogP) is 2.32. The van der Waals surface area contributed by atoms with Gasteiger partial charge in [0.15, 0.2) is 0 Å². The number of nitrogens with zero attached hydrogens (tertiary/aromatic N) is 4.